The van der Waals surface area contributed by atoms with Crippen LogP contribution in [0.2, 0.25) is 0 Å². The van der Waals surface area contributed by atoms with Crippen molar-refractivity contribution in [3.63, 3.8) is 0 Å². The molecule has 28 heavy (non-hydrogen) atoms. The quantitative estimate of drug-likeness (QED) is 0.254. The second-order valence-corrected chi connectivity index (χ2v) is 8.62. The van der Waals surface area contributed by atoms with Crippen molar-refractivity contribution < 1.29 is 45.2 Å². The molecule has 7 N–H and O–H groups in total. The van der Waals surface area contributed by atoms with Crippen LogP contribution in [-0.2, 0) is 9.47 Å². The lowest BCUT2D eigenvalue weighted by Crippen LogP contribution is -2.59. The first-order valence-electron chi connectivity index (χ1n) is 9.63. The molecule has 1 heterocycles. The molecule has 164 valence electrons. The van der Waals surface area contributed by atoms with Crippen molar-refractivity contribution in [1.82, 2.24) is 0 Å². The highest BCUT2D eigenvalue weighted by Crippen LogP contribution is 2.48. The third-order valence-corrected chi connectivity index (χ3v) is 6.11. The fraction of sp³-hybridized carbons (Fsp3) is 0.895. The maximum Gasteiger partial charge on any atom is 0.187 e. The maximum atomic E-state index is 11.2. The second kappa shape index (κ2) is 9.03. The van der Waals surface area contributed by atoms with Gasteiger partial charge < -0.3 is 45.2 Å². The Balaban J connectivity index is 2.13. The summed E-state index contributed by atoms with van der Waals surface area (Å²) in [5.41, 5.74) is -1.87. The predicted octanol–water partition coefficient (Wildman–Crippen LogP) is -1.73. The third-order valence-electron chi connectivity index (χ3n) is 6.11. The summed E-state index contributed by atoms with van der Waals surface area (Å²) in [5, 5.41) is 69.8. The molecule has 0 spiro atoms. The number of hydrogen-bond donors (Lipinski definition) is 7. The number of hydrogen-bond acceptors (Lipinski definition) is 9. The van der Waals surface area contributed by atoms with Crippen LogP contribution in [0.5, 0.6) is 0 Å². The zero-order valence-corrected chi connectivity index (χ0v) is 16.5. The lowest BCUT2D eigenvalue weighted by atomic mass is 9.60. The summed E-state index contributed by atoms with van der Waals surface area (Å²) in [6.07, 6.45) is -4.80. The average molecular weight is 406 g/mol. The molecule has 0 aromatic heterocycles. The van der Waals surface area contributed by atoms with Gasteiger partial charge in [0.15, 0.2) is 6.29 Å². The highest BCUT2D eigenvalue weighted by molar-refractivity contribution is 5.15. The molecule has 2 aliphatic rings. The Morgan fingerprint density at radius 1 is 1.11 bits per heavy atom. The summed E-state index contributed by atoms with van der Waals surface area (Å²) in [6, 6.07) is 0. The van der Waals surface area contributed by atoms with Gasteiger partial charge in [-0.25, -0.2) is 0 Å². The molecule has 0 aromatic carbocycles. The van der Waals surface area contributed by atoms with Gasteiger partial charge in [-0.3, -0.25) is 0 Å². The van der Waals surface area contributed by atoms with Gasteiger partial charge in [-0.2, -0.15) is 0 Å². The first-order valence-corrected chi connectivity index (χ1v) is 9.63. The first-order chi connectivity index (χ1) is 13.0. The molecule has 1 aliphatic heterocycles. The van der Waals surface area contributed by atoms with Crippen LogP contribution >= 0.6 is 0 Å². The Kier molecular flexibility index (Phi) is 7.63. The minimum Gasteiger partial charge on any atom is -0.394 e. The van der Waals surface area contributed by atoms with Gasteiger partial charge in [-0.1, -0.05) is 32.9 Å². The normalized spacial score (nSPS) is 45.3. The molecule has 1 saturated carbocycles. The van der Waals surface area contributed by atoms with Crippen LogP contribution in [0.25, 0.3) is 0 Å². The molecule has 0 amide bonds. The van der Waals surface area contributed by atoms with Crippen LogP contribution in [0.15, 0.2) is 12.2 Å². The van der Waals surface area contributed by atoms with Crippen LogP contribution in [0, 0.1) is 11.3 Å². The molecule has 1 aliphatic carbocycles. The minimum absolute atomic E-state index is 0.242. The van der Waals surface area contributed by atoms with Crippen LogP contribution in [0.1, 0.15) is 33.6 Å². The zero-order chi connectivity index (χ0) is 21.3. The molecule has 0 radical (unpaired) electrons. The summed E-state index contributed by atoms with van der Waals surface area (Å²) in [6.45, 7) is 4.46. The van der Waals surface area contributed by atoms with Gasteiger partial charge in [0, 0.05) is 0 Å². The van der Waals surface area contributed by atoms with Crippen LogP contribution in [0.3, 0.4) is 0 Å². The Morgan fingerprint density at radius 3 is 2.29 bits per heavy atom. The lowest BCUT2D eigenvalue weighted by molar-refractivity contribution is -0.309. The summed E-state index contributed by atoms with van der Waals surface area (Å²) in [7, 11) is 0. The van der Waals surface area contributed by atoms with E-state index in [1.807, 2.05) is 20.8 Å². The van der Waals surface area contributed by atoms with Crippen molar-refractivity contribution in [2.75, 3.05) is 13.2 Å². The largest absolute Gasteiger partial charge is 0.394 e. The fourth-order valence-corrected chi connectivity index (χ4v) is 4.24. The zero-order valence-electron chi connectivity index (χ0n) is 16.5. The molecule has 2 fully saturated rings. The molecule has 2 rings (SSSR count). The SMILES string of the molecule is C[C@@H]1C[C@@H](O)CC(C)(C)[C@]1(O)/C=C/[C@@H](CO)O[C@@H]1O[C@H](CO)[C@@H](O)[C@H](O)[C@H]1O. The van der Waals surface area contributed by atoms with Gasteiger partial charge in [0.2, 0.25) is 0 Å². The monoisotopic (exact) mass is 406 g/mol. The van der Waals surface area contributed by atoms with E-state index in [-0.39, 0.29) is 5.92 Å². The van der Waals surface area contributed by atoms with Gasteiger partial charge in [-0.15, -0.1) is 0 Å². The highest BCUT2D eigenvalue weighted by Gasteiger charge is 2.50. The summed E-state index contributed by atoms with van der Waals surface area (Å²) in [4.78, 5) is 0. The molecule has 0 bridgehead atoms. The number of ether oxygens (including phenoxy) is 2. The molecule has 0 unspecified atom stereocenters. The Hall–Kier alpha value is -0.620. The van der Waals surface area contributed by atoms with E-state index in [4.69, 9.17) is 9.47 Å². The van der Waals surface area contributed by atoms with E-state index in [0.717, 1.165) is 0 Å². The fourth-order valence-electron chi connectivity index (χ4n) is 4.24. The summed E-state index contributed by atoms with van der Waals surface area (Å²) >= 11 is 0. The average Bonchev–Trinajstić information content (AvgIpc) is 2.62. The van der Waals surface area contributed by atoms with Crippen LogP contribution in [-0.4, -0.2) is 97.5 Å². The number of rotatable bonds is 6. The van der Waals surface area contributed by atoms with Gasteiger partial charge in [0.05, 0.1) is 24.9 Å². The van der Waals surface area contributed by atoms with Gasteiger partial charge in [0.25, 0.3) is 0 Å². The van der Waals surface area contributed by atoms with Gasteiger partial charge in [-0.05, 0) is 24.2 Å². The number of aliphatic hydroxyl groups is 7. The molecular formula is C19H34O9. The summed E-state index contributed by atoms with van der Waals surface area (Å²) in [5.74, 6) is -0.242. The van der Waals surface area contributed by atoms with E-state index >= 15 is 0 Å². The molecule has 0 aromatic rings. The van der Waals surface area contributed by atoms with Crippen molar-refractivity contribution in [1.29, 1.82) is 0 Å². The maximum absolute atomic E-state index is 11.2. The van der Waals surface area contributed by atoms with Crippen LogP contribution in [0.4, 0.5) is 0 Å². The standard InChI is InChI=1S/C19H34O9/c1-10-6-11(22)7-18(2,3)19(10,26)5-4-12(8-20)27-17-16(25)15(24)14(23)13(9-21)28-17/h4-5,10-17,20-26H,6-9H2,1-3H3/b5-4+/t10-,11-,12+,13-,14-,15+,16-,17-,19+/m1/s1. The molecule has 9 atom stereocenters. The van der Waals surface area contributed by atoms with Crippen LogP contribution < -0.4 is 0 Å². The van der Waals surface area contributed by atoms with E-state index in [0.29, 0.717) is 12.8 Å². The molecule has 1 saturated heterocycles. The smallest absolute Gasteiger partial charge is 0.187 e. The van der Waals surface area contributed by atoms with Crippen molar-refractivity contribution in [3.8, 4) is 0 Å². The topological polar surface area (TPSA) is 160 Å². The molecule has 9 nitrogen and oxygen atoms in total. The molecule has 9 heteroatoms. The highest BCUT2D eigenvalue weighted by atomic mass is 16.7. The Bertz CT molecular complexity index is 537. The van der Waals surface area contributed by atoms with E-state index in [9.17, 15) is 35.7 Å². The number of aliphatic hydroxyl groups excluding tert-OH is 6. The Morgan fingerprint density at radius 2 is 1.75 bits per heavy atom. The van der Waals surface area contributed by atoms with Crippen molar-refractivity contribution in [2.45, 2.75) is 82.1 Å². The first kappa shape index (κ1) is 23.7. The third kappa shape index (κ3) is 4.58. The second-order valence-electron chi connectivity index (χ2n) is 8.62. The van der Waals surface area contributed by atoms with E-state index in [1.54, 1.807) is 0 Å². The van der Waals surface area contributed by atoms with Gasteiger partial charge >= 0.3 is 0 Å². The van der Waals surface area contributed by atoms with E-state index < -0.39 is 67.1 Å². The van der Waals surface area contributed by atoms with Crippen molar-refractivity contribution >= 4 is 0 Å². The summed E-state index contributed by atoms with van der Waals surface area (Å²) < 4.78 is 10.8. The molecular weight excluding hydrogens is 372 g/mol. The Labute approximate surface area is 164 Å². The van der Waals surface area contributed by atoms with Crippen molar-refractivity contribution in [2.24, 2.45) is 11.3 Å². The van der Waals surface area contributed by atoms with E-state index in [2.05, 4.69) is 0 Å². The van der Waals surface area contributed by atoms with E-state index in [1.165, 1.54) is 12.2 Å². The van der Waals surface area contributed by atoms with Gasteiger partial charge in [0.1, 0.15) is 30.5 Å². The predicted molar refractivity (Wildman–Crippen MR) is 98.0 cm³/mol. The minimum atomic E-state index is -1.58. The van der Waals surface area contributed by atoms with Crippen molar-refractivity contribution in [3.05, 3.63) is 12.2 Å². The lowest BCUT2D eigenvalue weighted by Gasteiger charge is -2.50.